The van der Waals surface area contributed by atoms with E-state index < -0.39 is 0 Å². The highest BCUT2D eigenvalue weighted by Gasteiger charge is 1.98. The van der Waals surface area contributed by atoms with Crippen LogP contribution in [0.1, 0.15) is 10.7 Å². The van der Waals surface area contributed by atoms with Crippen molar-refractivity contribution < 1.29 is 0 Å². The summed E-state index contributed by atoms with van der Waals surface area (Å²) >= 11 is 4.96. The van der Waals surface area contributed by atoms with Crippen LogP contribution in [0.5, 0.6) is 0 Å². The van der Waals surface area contributed by atoms with E-state index in [1.54, 1.807) is 17.5 Å². The van der Waals surface area contributed by atoms with Crippen molar-refractivity contribution in [1.29, 1.82) is 0 Å². The number of hydrogen-bond acceptors (Lipinski definition) is 4. The van der Waals surface area contributed by atoms with Gasteiger partial charge in [0, 0.05) is 11.1 Å². The number of hydrogen-bond donors (Lipinski definition) is 1. The molecule has 15 heavy (non-hydrogen) atoms. The van der Waals surface area contributed by atoms with Gasteiger partial charge in [0.15, 0.2) is 0 Å². The third-order valence-corrected chi connectivity index (χ3v) is 3.27. The number of nitrogens with one attached hydrogen (secondary N) is 1. The van der Waals surface area contributed by atoms with Gasteiger partial charge in [-0.05, 0) is 35.0 Å². The van der Waals surface area contributed by atoms with E-state index in [1.807, 2.05) is 19.1 Å². The summed E-state index contributed by atoms with van der Waals surface area (Å²) in [5, 5.41) is 6.41. The molecule has 0 aromatic carbocycles. The molecule has 0 saturated heterocycles. The Morgan fingerprint density at radius 1 is 1.47 bits per heavy atom. The fourth-order valence-electron chi connectivity index (χ4n) is 1.14. The van der Waals surface area contributed by atoms with Gasteiger partial charge < -0.3 is 5.32 Å². The quantitative estimate of drug-likeness (QED) is 0.879. The molecule has 0 aliphatic carbocycles. The molecule has 0 atom stereocenters. The molecule has 0 radical (unpaired) electrons. The number of thiazole rings is 1. The third-order valence-electron chi connectivity index (χ3n) is 1.84. The van der Waals surface area contributed by atoms with Crippen LogP contribution in [0.2, 0.25) is 0 Å². The predicted molar refractivity (Wildman–Crippen MR) is 66.1 cm³/mol. The molecule has 2 aromatic heterocycles. The minimum atomic E-state index is 0.752. The van der Waals surface area contributed by atoms with Crippen LogP contribution < -0.4 is 5.32 Å². The van der Waals surface area contributed by atoms with Gasteiger partial charge in [0.25, 0.3) is 0 Å². The molecule has 1 N–H and O–H groups in total. The van der Waals surface area contributed by atoms with E-state index in [-0.39, 0.29) is 0 Å². The van der Waals surface area contributed by atoms with Crippen LogP contribution in [-0.2, 0) is 6.54 Å². The van der Waals surface area contributed by atoms with Crippen LogP contribution >= 0.6 is 27.3 Å². The number of aromatic nitrogens is 2. The summed E-state index contributed by atoms with van der Waals surface area (Å²) in [5.41, 5.74) is 2.08. The topological polar surface area (TPSA) is 37.8 Å². The van der Waals surface area contributed by atoms with E-state index in [9.17, 15) is 0 Å². The lowest BCUT2D eigenvalue weighted by atomic mass is 10.4. The van der Waals surface area contributed by atoms with Crippen molar-refractivity contribution in [1.82, 2.24) is 9.97 Å². The van der Waals surface area contributed by atoms with Gasteiger partial charge in [-0.1, -0.05) is 0 Å². The normalized spacial score (nSPS) is 10.3. The summed E-state index contributed by atoms with van der Waals surface area (Å²) in [4.78, 5) is 8.50. The molecular formula is C10H10BrN3S. The smallest absolute Gasteiger partial charge is 0.112 e. The molecule has 0 spiro atoms. The second-order valence-corrected chi connectivity index (χ2v) is 4.86. The van der Waals surface area contributed by atoms with E-state index in [2.05, 4.69) is 36.6 Å². The van der Waals surface area contributed by atoms with Crippen molar-refractivity contribution in [3.63, 3.8) is 0 Å². The van der Waals surface area contributed by atoms with Gasteiger partial charge in [-0.2, -0.15) is 0 Å². The molecule has 78 valence electrons. The van der Waals surface area contributed by atoms with E-state index in [0.29, 0.717) is 0 Å². The van der Waals surface area contributed by atoms with Crippen molar-refractivity contribution in [3.8, 4) is 0 Å². The van der Waals surface area contributed by atoms with Gasteiger partial charge in [0.05, 0.1) is 18.4 Å². The van der Waals surface area contributed by atoms with Gasteiger partial charge in [-0.25, -0.2) is 9.97 Å². The second-order valence-electron chi connectivity index (χ2n) is 3.11. The fourth-order valence-corrected chi connectivity index (χ4v) is 2.09. The minimum absolute atomic E-state index is 0.752. The summed E-state index contributed by atoms with van der Waals surface area (Å²) in [7, 11) is 0. The van der Waals surface area contributed by atoms with E-state index in [0.717, 1.165) is 27.5 Å². The molecule has 5 heteroatoms. The summed E-state index contributed by atoms with van der Waals surface area (Å²) in [5.74, 6) is 0. The summed E-state index contributed by atoms with van der Waals surface area (Å²) in [6, 6.07) is 3.90. The number of nitrogens with zero attached hydrogens (tertiary/aromatic N) is 2. The van der Waals surface area contributed by atoms with Gasteiger partial charge in [0.2, 0.25) is 0 Å². The molecular weight excluding hydrogens is 274 g/mol. The molecule has 0 bridgehead atoms. The monoisotopic (exact) mass is 283 g/mol. The highest BCUT2D eigenvalue weighted by Crippen LogP contribution is 2.13. The maximum absolute atomic E-state index is 4.37. The van der Waals surface area contributed by atoms with E-state index in [1.165, 1.54) is 0 Å². The van der Waals surface area contributed by atoms with Crippen LogP contribution in [0.15, 0.2) is 28.3 Å². The first kappa shape index (κ1) is 10.6. The number of rotatable bonds is 3. The van der Waals surface area contributed by atoms with Gasteiger partial charge in [0.1, 0.15) is 9.61 Å². The molecule has 2 heterocycles. The Morgan fingerprint density at radius 2 is 2.33 bits per heavy atom. The first-order chi connectivity index (χ1) is 7.24. The SMILES string of the molecule is Cc1csc(CNc2ccc(Br)nc2)n1. The zero-order valence-electron chi connectivity index (χ0n) is 8.20. The lowest BCUT2D eigenvalue weighted by molar-refractivity contribution is 1.07. The Bertz CT molecular complexity index is 438. The van der Waals surface area contributed by atoms with Gasteiger partial charge in [-0.3, -0.25) is 0 Å². The highest BCUT2D eigenvalue weighted by molar-refractivity contribution is 9.10. The number of anilines is 1. The third kappa shape index (κ3) is 3.00. The molecule has 0 amide bonds. The maximum Gasteiger partial charge on any atom is 0.112 e. The molecule has 0 saturated carbocycles. The van der Waals surface area contributed by atoms with Crippen molar-refractivity contribution in [2.45, 2.75) is 13.5 Å². The average molecular weight is 284 g/mol. The summed E-state index contributed by atoms with van der Waals surface area (Å²) < 4.78 is 0.846. The zero-order valence-corrected chi connectivity index (χ0v) is 10.6. The summed E-state index contributed by atoms with van der Waals surface area (Å²) in [6.07, 6.45) is 1.80. The van der Waals surface area contributed by atoms with Gasteiger partial charge in [-0.15, -0.1) is 11.3 Å². The number of aryl methyl sites for hydroxylation is 1. The van der Waals surface area contributed by atoms with E-state index >= 15 is 0 Å². The van der Waals surface area contributed by atoms with Crippen LogP contribution in [0.25, 0.3) is 0 Å². The van der Waals surface area contributed by atoms with Crippen LogP contribution in [0.4, 0.5) is 5.69 Å². The lowest BCUT2D eigenvalue weighted by Gasteiger charge is -2.02. The molecule has 3 nitrogen and oxygen atoms in total. The maximum atomic E-state index is 4.37. The first-order valence-electron chi connectivity index (χ1n) is 4.50. The average Bonchev–Trinajstić information content (AvgIpc) is 2.64. The summed E-state index contributed by atoms with van der Waals surface area (Å²) in [6.45, 7) is 2.75. The van der Waals surface area contributed by atoms with Crippen molar-refractivity contribution in [2.24, 2.45) is 0 Å². The first-order valence-corrected chi connectivity index (χ1v) is 6.18. The molecule has 0 unspecified atom stereocenters. The van der Waals surface area contributed by atoms with Crippen molar-refractivity contribution in [2.75, 3.05) is 5.32 Å². The molecule has 0 aliphatic heterocycles. The van der Waals surface area contributed by atoms with E-state index in [4.69, 9.17) is 0 Å². The Labute approximate surface area is 101 Å². The Balaban J connectivity index is 1.96. The highest BCUT2D eigenvalue weighted by atomic mass is 79.9. The lowest BCUT2D eigenvalue weighted by Crippen LogP contribution is -1.99. The minimum Gasteiger partial charge on any atom is -0.377 e. The fraction of sp³-hybridized carbons (Fsp3) is 0.200. The number of pyridine rings is 1. The Morgan fingerprint density at radius 3 is 2.93 bits per heavy atom. The predicted octanol–water partition coefficient (Wildman–Crippen LogP) is 3.22. The largest absolute Gasteiger partial charge is 0.377 e. The van der Waals surface area contributed by atoms with Crippen molar-refractivity contribution in [3.05, 3.63) is 39.0 Å². The van der Waals surface area contributed by atoms with Crippen molar-refractivity contribution >= 4 is 33.0 Å². The molecule has 2 aromatic rings. The standard InChI is InChI=1S/C10H10BrN3S/c1-7-6-15-10(14-7)5-12-8-2-3-9(11)13-4-8/h2-4,6,12H,5H2,1H3. The zero-order chi connectivity index (χ0) is 10.7. The van der Waals surface area contributed by atoms with Crippen LogP contribution in [-0.4, -0.2) is 9.97 Å². The van der Waals surface area contributed by atoms with Crippen LogP contribution in [0.3, 0.4) is 0 Å². The molecule has 2 rings (SSSR count). The molecule has 0 fully saturated rings. The Hall–Kier alpha value is -0.940. The molecule has 0 aliphatic rings. The van der Waals surface area contributed by atoms with Crippen LogP contribution in [0, 0.1) is 6.92 Å². The second kappa shape index (κ2) is 4.72. The number of halogens is 1. The Kier molecular flexibility index (Phi) is 3.33. The van der Waals surface area contributed by atoms with Gasteiger partial charge >= 0.3 is 0 Å².